The molecule has 4 aliphatic rings. The highest BCUT2D eigenvalue weighted by molar-refractivity contribution is 5.66. The lowest BCUT2D eigenvalue weighted by molar-refractivity contribution is -0.172. The molecular formula is C24H40O4. The van der Waals surface area contributed by atoms with E-state index in [9.17, 15) is 15.0 Å². The first kappa shape index (κ1) is 20.7. The Morgan fingerprint density at radius 1 is 0.964 bits per heavy atom. The fourth-order valence-electron chi connectivity index (χ4n) is 8.81. The third-order valence-corrected chi connectivity index (χ3v) is 10.2. The molecule has 4 saturated carbocycles. The van der Waals surface area contributed by atoms with Crippen molar-refractivity contribution in [3.05, 3.63) is 0 Å². The van der Waals surface area contributed by atoms with Crippen LogP contribution in [0, 0.1) is 46.3 Å². The molecule has 0 radical (unpaired) electrons. The van der Waals surface area contributed by atoms with Gasteiger partial charge in [0.15, 0.2) is 0 Å². The van der Waals surface area contributed by atoms with Crippen molar-refractivity contribution in [3.63, 3.8) is 0 Å². The Labute approximate surface area is 170 Å². The largest absolute Gasteiger partial charge is 0.481 e. The monoisotopic (exact) mass is 392 g/mol. The zero-order valence-corrected chi connectivity index (χ0v) is 17.9. The van der Waals surface area contributed by atoms with Gasteiger partial charge < -0.3 is 15.3 Å². The Balaban J connectivity index is 1.55. The lowest BCUT2D eigenvalue weighted by Gasteiger charge is -2.62. The van der Waals surface area contributed by atoms with Gasteiger partial charge in [0.1, 0.15) is 0 Å². The zero-order valence-electron chi connectivity index (χ0n) is 17.9. The fraction of sp³-hybridized carbons (Fsp3) is 0.958. The second kappa shape index (κ2) is 7.27. The Hall–Kier alpha value is -0.610. The summed E-state index contributed by atoms with van der Waals surface area (Å²) in [5, 5.41) is 30.4. The van der Waals surface area contributed by atoms with Gasteiger partial charge in [-0.15, -0.1) is 0 Å². The van der Waals surface area contributed by atoms with Crippen LogP contribution in [0.4, 0.5) is 0 Å². The van der Waals surface area contributed by atoms with Crippen molar-refractivity contribution in [2.24, 2.45) is 46.3 Å². The lowest BCUT2D eigenvalue weighted by atomic mass is 9.44. The van der Waals surface area contributed by atoms with Crippen molar-refractivity contribution in [3.8, 4) is 0 Å². The summed E-state index contributed by atoms with van der Waals surface area (Å²) in [5.41, 5.74) is 0.478. The van der Waals surface area contributed by atoms with E-state index in [0.29, 0.717) is 35.0 Å². The van der Waals surface area contributed by atoms with Crippen LogP contribution >= 0.6 is 0 Å². The molecule has 28 heavy (non-hydrogen) atoms. The topological polar surface area (TPSA) is 77.8 Å². The number of carboxylic acids is 1. The maximum atomic E-state index is 11.1. The average molecular weight is 393 g/mol. The first-order valence-electron chi connectivity index (χ1n) is 11.7. The Kier molecular flexibility index (Phi) is 5.36. The Morgan fingerprint density at radius 3 is 2.36 bits per heavy atom. The molecule has 4 rings (SSSR count). The SMILES string of the molecule is C[C@H](CCC(=O)O)[C@H]1CC[C@H]2[C@@H]3C[C@H](O)[C@@H]4C[C@H](O)CC[C@]4(C)[C@H]3CC[C@@]12C. The number of rotatable bonds is 4. The van der Waals surface area contributed by atoms with Gasteiger partial charge in [-0.05, 0) is 104 Å². The number of aliphatic hydroxyl groups excluding tert-OH is 2. The molecule has 160 valence electrons. The number of hydrogen-bond acceptors (Lipinski definition) is 3. The molecule has 0 aromatic heterocycles. The number of aliphatic carboxylic acids is 1. The van der Waals surface area contributed by atoms with E-state index in [1.807, 2.05) is 0 Å². The second-order valence-corrected chi connectivity index (χ2v) is 11.4. The molecule has 0 unspecified atom stereocenters. The van der Waals surface area contributed by atoms with Crippen LogP contribution in [-0.4, -0.2) is 33.5 Å². The summed E-state index contributed by atoms with van der Waals surface area (Å²) in [6.07, 6.45) is 9.16. The summed E-state index contributed by atoms with van der Waals surface area (Å²) in [6.45, 7) is 7.16. The Morgan fingerprint density at radius 2 is 1.64 bits per heavy atom. The van der Waals surface area contributed by atoms with Gasteiger partial charge in [-0.3, -0.25) is 4.79 Å². The molecule has 0 aromatic carbocycles. The average Bonchev–Trinajstić information content (AvgIpc) is 2.99. The van der Waals surface area contributed by atoms with Gasteiger partial charge in [0.2, 0.25) is 0 Å². The number of fused-ring (bicyclic) bond motifs is 5. The van der Waals surface area contributed by atoms with Crippen molar-refractivity contribution >= 4 is 5.97 Å². The highest BCUT2D eigenvalue weighted by Crippen LogP contribution is 2.68. The molecule has 0 amide bonds. The van der Waals surface area contributed by atoms with Gasteiger partial charge in [0.25, 0.3) is 0 Å². The summed E-state index contributed by atoms with van der Waals surface area (Å²) < 4.78 is 0. The molecule has 4 nitrogen and oxygen atoms in total. The molecule has 4 fully saturated rings. The zero-order chi connectivity index (χ0) is 20.3. The van der Waals surface area contributed by atoms with E-state index in [0.717, 1.165) is 32.1 Å². The summed E-state index contributed by atoms with van der Waals surface area (Å²) in [6, 6.07) is 0. The van der Waals surface area contributed by atoms with Crippen LogP contribution in [0.15, 0.2) is 0 Å². The van der Waals surface area contributed by atoms with Crippen molar-refractivity contribution in [2.45, 2.75) is 97.2 Å². The van der Waals surface area contributed by atoms with Crippen LogP contribution in [0.1, 0.15) is 85.0 Å². The van der Waals surface area contributed by atoms with E-state index in [2.05, 4.69) is 20.8 Å². The van der Waals surface area contributed by atoms with Crippen LogP contribution in [0.5, 0.6) is 0 Å². The fourth-order valence-corrected chi connectivity index (χ4v) is 8.81. The smallest absolute Gasteiger partial charge is 0.303 e. The minimum atomic E-state index is -0.677. The standard InChI is InChI=1S/C24H40O4/c1-14(4-7-22(27)28)17-5-6-18-16-13-21(26)20-12-15(25)8-10-24(20,3)19(16)9-11-23(17,18)2/h14-21,25-26H,4-13H2,1-3H3,(H,27,28)/t14-,15-,16+,17-,18+,19+,20+,21+,23+,24-/m1/s1. The van der Waals surface area contributed by atoms with Crippen molar-refractivity contribution in [1.82, 2.24) is 0 Å². The summed E-state index contributed by atoms with van der Waals surface area (Å²) in [5.74, 6) is 2.61. The quantitative estimate of drug-likeness (QED) is 0.659. The number of carboxylic acid groups (broad SMARTS) is 1. The number of hydrogen-bond donors (Lipinski definition) is 3. The first-order chi connectivity index (χ1) is 13.2. The molecule has 10 atom stereocenters. The van der Waals surface area contributed by atoms with Crippen LogP contribution in [0.2, 0.25) is 0 Å². The molecular weight excluding hydrogens is 352 g/mol. The molecule has 0 saturated heterocycles. The molecule has 0 aromatic rings. The van der Waals surface area contributed by atoms with Crippen LogP contribution in [0.25, 0.3) is 0 Å². The Bertz CT molecular complexity index is 605. The summed E-state index contributed by atoms with van der Waals surface area (Å²) in [4.78, 5) is 11.1. The molecule has 0 spiro atoms. The first-order valence-corrected chi connectivity index (χ1v) is 11.7. The van der Waals surface area contributed by atoms with E-state index in [1.165, 1.54) is 25.7 Å². The molecule has 0 aliphatic heterocycles. The lowest BCUT2D eigenvalue weighted by Crippen LogP contribution is -2.58. The summed E-state index contributed by atoms with van der Waals surface area (Å²) >= 11 is 0. The molecule has 4 heteroatoms. The third-order valence-electron chi connectivity index (χ3n) is 10.2. The van der Waals surface area contributed by atoms with Crippen molar-refractivity contribution in [2.75, 3.05) is 0 Å². The van der Waals surface area contributed by atoms with Crippen LogP contribution in [-0.2, 0) is 4.79 Å². The van der Waals surface area contributed by atoms with Gasteiger partial charge in [0, 0.05) is 6.42 Å². The van der Waals surface area contributed by atoms with Crippen LogP contribution in [0.3, 0.4) is 0 Å². The molecule has 3 N–H and O–H groups in total. The van der Waals surface area contributed by atoms with Gasteiger partial charge >= 0.3 is 5.97 Å². The molecule has 0 heterocycles. The normalized spacial score (nSPS) is 51.7. The van der Waals surface area contributed by atoms with E-state index in [1.54, 1.807) is 0 Å². The molecule has 0 bridgehead atoms. The number of carbonyl (C=O) groups is 1. The predicted octanol–water partition coefficient (Wildman–Crippen LogP) is 4.48. The number of aliphatic hydroxyl groups is 2. The maximum Gasteiger partial charge on any atom is 0.303 e. The van der Waals surface area contributed by atoms with Crippen molar-refractivity contribution < 1.29 is 20.1 Å². The van der Waals surface area contributed by atoms with Gasteiger partial charge in [-0.1, -0.05) is 20.8 Å². The minimum Gasteiger partial charge on any atom is -0.481 e. The molecule has 4 aliphatic carbocycles. The predicted molar refractivity (Wildman–Crippen MR) is 109 cm³/mol. The van der Waals surface area contributed by atoms with Gasteiger partial charge in [0.05, 0.1) is 12.2 Å². The highest BCUT2D eigenvalue weighted by Gasteiger charge is 2.62. The van der Waals surface area contributed by atoms with E-state index >= 15 is 0 Å². The second-order valence-electron chi connectivity index (χ2n) is 11.4. The highest BCUT2D eigenvalue weighted by atomic mass is 16.4. The third kappa shape index (κ3) is 3.14. The van der Waals surface area contributed by atoms with E-state index < -0.39 is 5.97 Å². The minimum absolute atomic E-state index is 0.176. The van der Waals surface area contributed by atoms with Gasteiger partial charge in [-0.25, -0.2) is 0 Å². The van der Waals surface area contributed by atoms with Crippen molar-refractivity contribution in [1.29, 1.82) is 0 Å². The summed E-state index contributed by atoms with van der Waals surface area (Å²) in [7, 11) is 0. The maximum absolute atomic E-state index is 11.1. The van der Waals surface area contributed by atoms with E-state index in [-0.39, 0.29) is 30.0 Å². The van der Waals surface area contributed by atoms with Crippen LogP contribution < -0.4 is 0 Å². The van der Waals surface area contributed by atoms with Gasteiger partial charge in [-0.2, -0.15) is 0 Å². The van der Waals surface area contributed by atoms with E-state index in [4.69, 9.17) is 5.11 Å².